The molecule has 1 heteroatoms. The molecule has 1 atom stereocenters. The van der Waals surface area contributed by atoms with Crippen LogP contribution in [0.3, 0.4) is 0 Å². The molecule has 2 aliphatic rings. The van der Waals surface area contributed by atoms with Crippen molar-refractivity contribution in [2.45, 2.75) is 76.7 Å². The van der Waals surface area contributed by atoms with Crippen LogP contribution in [0.2, 0.25) is 0 Å². The van der Waals surface area contributed by atoms with Gasteiger partial charge in [-0.25, -0.2) is 0 Å². The molecule has 1 saturated carbocycles. The van der Waals surface area contributed by atoms with Gasteiger partial charge < -0.3 is 4.74 Å². The van der Waals surface area contributed by atoms with Gasteiger partial charge in [-0.1, -0.05) is 33.6 Å². The Kier molecular flexibility index (Phi) is 3.32. The van der Waals surface area contributed by atoms with Crippen LogP contribution < -0.4 is 4.74 Å². The van der Waals surface area contributed by atoms with Crippen LogP contribution in [0.4, 0.5) is 0 Å². The van der Waals surface area contributed by atoms with Crippen LogP contribution in [0.5, 0.6) is 5.75 Å². The van der Waals surface area contributed by atoms with Gasteiger partial charge in [0.25, 0.3) is 0 Å². The van der Waals surface area contributed by atoms with E-state index in [0.717, 1.165) is 24.2 Å². The lowest BCUT2D eigenvalue weighted by Gasteiger charge is -2.51. The number of hydrogen-bond acceptors (Lipinski definition) is 1. The van der Waals surface area contributed by atoms with E-state index in [0.29, 0.717) is 5.92 Å². The Bertz CT molecular complexity index is 599. The zero-order valence-electron chi connectivity index (χ0n) is 13.8. The van der Waals surface area contributed by atoms with Gasteiger partial charge in [0.1, 0.15) is 11.4 Å². The smallest absolute Gasteiger partial charge is 0.127 e. The van der Waals surface area contributed by atoms with Gasteiger partial charge in [0.15, 0.2) is 0 Å². The fourth-order valence-electron chi connectivity index (χ4n) is 3.94. The topological polar surface area (TPSA) is 9.23 Å². The summed E-state index contributed by atoms with van der Waals surface area (Å²) in [6.07, 6.45) is 11.6. The summed E-state index contributed by atoms with van der Waals surface area (Å²) in [5, 5.41) is 0. The lowest BCUT2D eigenvalue weighted by Crippen LogP contribution is -2.51. The maximum Gasteiger partial charge on any atom is 0.127 e. The monoisotopic (exact) mass is 282 g/mol. The summed E-state index contributed by atoms with van der Waals surface area (Å²) in [5.41, 5.74) is 3.84. The van der Waals surface area contributed by atoms with Crippen molar-refractivity contribution in [1.82, 2.24) is 0 Å². The van der Waals surface area contributed by atoms with Crippen LogP contribution in [-0.2, 0) is 5.41 Å². The first-order valence-corrected chi connectivity index (χ1v) is 8.25. The van der Waals surface area contributed by atoms with Crippen LogP contribution in [0.1, 0.15) is 82.4 Å². The normalized spacial score (nSPS) is 22.6. The highest BCUT2D eigenvalue weighted by atomic mass is 16.5. The van der Waals surface area contributed by atoms with Gasteiger partial charge in [-0.2, -0.15) is 0 Å². The molecule has 1 aliphatic carbocycles. The molecule has 1 nitrogen and oxygen atoms in total. The second kappa shape index (κ2) is 4.80. The largest absolute Gasteiger partial charge is 0.487 e. The molecule has 1 spiro atoms. The Morgan fingerprint density at radius 2 is 2.05 bits per heavy atom. The average Bonchev–Trinajstić information content (AvgIpc) is 2.43. The molecule has 112 valence electrons. The number of rotatable bonds is 2. The first-order chi connectivity index (χ1) is 9.91. The second-order valence-corrected chi connectivity index (χ2v) is 7.60. The highest BCUT2D eigenvalue weighted by Crippen LogP contribution is 2.54. The molecule has 0 radical (unpaired) electrons. The van der Waals surface area contributed by atoms with E-state index in [1.807, 2.05) is 0 Å². The zero-order chi connectivity index (χ0) is 15.3. The number of fused-ring (bicyclic) bond motifs is 1. The summed E-state index contributed by atoms with van der Waals surface area (Å²) in [6.45, 7) is 9.19. The molecule has 1 aromatic rings. The number of ether oxygens (including phenoxy) is 1. The van der Waals surface area contributed by atoms with E-state index in [2.05, 4.69) is 45.7 Å². The fraction of sp³-hybridized carbons (Fsp3) is 0.600. The van der Waals surface area contributed by atoms with Gasteiger partial charge in [-0.3, -0.25) is 0 Å². The van der Waals surface area contributed by atoms with Crippen LogP contribution >= 0.6 is 0 Å². The number of benzene rings is 1. The van der Waals surface area contributed by atoms with E-state index in [4.69, 9.17) is 11.2 Å². The molecule has 0 bridgehead atoms. The summed E-state index contributed by atoms with van der Waals surface area (Å²) >= 11 is 0. The van der Waals surface area contributed by atoms with Crippen LogP contribution in [-0.4, -0.2) is 5.60 Å². The highest BCUT2D eigenvalue weighted by molar-refractivity contribution is 5.55. The molecule has 0 aromatic heterocycles. The summed E-state index contributed by atoms with van der Waals surface area (Å²) < 4.78 is 6.58. The van der Waals surface area contributed by atoms with Crippen LogP contribution in [0.15, 0.2) is 12.1 Å². The SMILES string of the molecule is C#Cc1cc(C(C)CC)c2c(c1)C(C)(C)CC1(CCC1)O2. The van der Waals surface area contributed by atoms with E-state index >= 15 is 0 Å². The Morgan fingerprint density at radius 1 is 1.33 bits per heavy atom. The van der Waals surface area contributed by atoms with E-state index in [1.165, 1.54) is 30.4 Å². The van der Waals surface area contributed by atoms with Crippen molar-refractivity contribution >= 4 is 0 Å². The van der Waals surface area contributed by atoms with Crippen molar-refractivity contribution in [3.05, 3.63) is 28.8 Å². The maximum absolute atomic E-state index is 6.58. The molecule has 3 rings (SSSR count). The van der Waals surface area contributed by atoms with Crippen molar-refractivity contribution in [1.29, 1.82) is 0 Å². The molecule has 0 saturated heterocycles. The third-order valence-electron chi connectivity index (χ3n) is 5.50. The van der Waals surface area contributed by atoms with E-state index in [1.54, 1.807) is 0 Å². The predicted octanol–water partition coefficient (Wildman–Crippen LogP) is 5.16. The second-order valence-electron chi connectivity index (χ2n) is 7.60. The van der Waals surface area contributed by atoms with Crippen molar-refractivity contribution in [2.24, 2.45) is 0 Å². The van der Waals surface area contributed by atoms with E-state index in [-0.39, 0.29) is 11.0 Å². The molecular formula is C20H26O. The summed E-state index contributed by atoms with van der Waals surface area (Å²) in [5.74, 6) is 4.45. The van der Waals surface area contributed by atoms with Crippen molar-refractivity contribution < 1.29 is 4.74 Å². The summed E-state index contributed by atoms with van der Waals surface area (Å²) in [7, 11) is 0. The Balaban J connectivity index is 2.18. The van der Waals surface area contributed by atoms with Crippen molar-refractivity contribution in [3.8, 4) is 18.1 Å². The summed E-state index contributed by atoms with van der Waals surface area (Å²) in [6, 6.07) is 4.34. The Hall–Kier alpha value is -1.42. The van der Waals surface area contributed by atoms with Gasteiger partial charge in [0, 0.05) is 11.1 Å². The minimum atomic E-state index is 0.0936. The van der Waals surface area contributed by atoms with Gasteiger partial charge in [0.2, 0.25) is 0 Å². The molecule has 1 fully saturated rings. The van der Waals surface area contributed by atoms with Crippen molar-refractivity contribution in [2.75, 3.05) is 0 Å². The van der Waals surface area contributed by atoms with Gasteiger partial charge in [-0.15, -0.1) is 6.42 Å². The Morgan fingerprint density at radius 3 is 2.57 bits per heavy atom. The van der Waals surface area contributed by atoms with Crippen LogP contribution in [0.25, 0.3) is 0 Å². The molecule has 21 heavy (non-hydrogen) atoms. The third-order valence-corrected chi connectivity index (χ3v) is 5.50. The first-order valence-electron chi connectivity index (χ1n) is 8.25. The molecule has 1 aromatic carbocycles. The molecule has 1 unspecified atom stereocenters. The van der Waals surface area contributed by atoms with Crippen LogP contribution in [0, 0.1) is 12.3 Å². The van der Waals surface area contributed by atoms with E-state index < -0.39 is 0 Å². The summed E-state index contributed by atoms with van der Waals surface area (Å²) in [4.78, 5) is 0. The lowest BCUT2D eigenvalue weighted by atomic mass is 9.64. The van der Waals surface area contributed by atoms with Gasteiger partial charge in [0.05, 0.1) is 0 Å². The molecule has 1 aliphatic heterocycles. The standard InChI is InChI=1S/C20H26O/c1-6-14(3)16-11-15(7-2)12-17-18(16)21-20(9-8-10-20)13-19(17,4)5/h2,11-12,14H,6,8-10,13H2,1,3-5H3. The molecule has 0 N–H and O–H groups in total. The fourth-order valence-corrected chi connectivity index (χ4v) is 3.94. The van der Waals surface area contributed by atoms with Gasteiger partial charge >= 0.3 is 0 Å². The number of terminal acetylenes is 1. The minimum Gasteiger partial charge on any atom is -0.487 e. The first kappa shape index (κ1) is 14.5. The lowest BCUT2D eigenvalue weighted by molar-refractivity contribution is -0.0468. The molecule has 1 heterocycles. The average molecular weight is 282 g/mol. The Labute approximate surface area is 129 Å². The quantitative estimate of drug-likeness (QED) is 0.680. The highest BCUT2D eigenvalue weighted by Gasteiger charge is 2.49. The van der Waals surface area contributed by atoms with Gasteiger partial charge in [-0.05, 0) is 61.1 Å². The predicted molar refractivity (Wildman–Crippen MR) is 87.9 cm³/mol. The number of hydrogen-bond donors (Lipinski definition) is 0. The molecule has 0 amide bonds. The maximum atomic E-state index is 6.58. The van der Waals surface area contributed by atoms with Crippen molar-refractivity contribution in [3.63, 3.8) is 0 Å². The molecular weight excluding hydrogens is 256 g/mol. The minimum absolute atomic E-state index is 0.0936. The van der Waals surface area contributed by atoms with E-state index in [9.17, 15) is 0 Å². The third kappa shape index (κ3) is 2.26. The zero-order valence-corrected chi connectivity index (χ0v) is 13.8.